The monoisotopic (exact) mass is 938 g/mol. The number of nitrogen functional groups attached to an aromatic ring is 1. The molecule has 2 aliphatic heterocycles. The average Bonchev–Trinajstić information content (AvgIpc) is 3.26. The number of halogens is 2. The van der Waals surface area contributed by atoms with Crippen LogP contribution < -0.4 is 27.0 Å². The van der Waals surface area contributed by atoms with Crippen molar-refractivity contribution in [2.24, 2.45) is 5.41 Å². The Morgan fingerprint density at radius 1 is 0.544 bits per heavy atom. The molecular weight excluding hydrogens is 869 g/mol. The molecule has 4 aromatic rings. The van der Waals surface area contributed by atoms with Gasteiger partial charge in [-0.25, -0.2) is 13.6 Å². The van der Waals surface area contributed by atoms with Gasteiger partial charge in [0.1, 0.15) is 11.6 Å². The quantitative estimate of drug-likeness (QED) is 0.103. The third-order valence-corrected chi connectivity index (χ3v) is 11.1. The summed E-state index contributed by atoms with van der Waals surface area (Å²) in [6.45, 7) is 23.2. The van der Waals surface area contributed by atoms with Gasteiger partial charge in [0, 0.05) is 117 Å². The highest BCUT2D eigenvalue weighted by molar-refractivity contribution is 5.97. The second-order valence-corrected chi connectivity index (χ2v) is 20.7. The van der Waals surface area contributed by atoms with Crippen molar-refractivity contribution in [3.05, 3.63) is 130 Å². The van der Waals surface area contributed by atoms with E-state index in [4.69, 9.17) is 5.73 Å². The molecule has 366 valence electrons. The number of nitrogens with one attached hydrogen (secondary N) is 4. The van der Waals surface area contributed by atoms with E-state index in [1.807, 2.05) is 62.3 Å². The van der Waals surface area contributed by atoms with Crippen molar-refractivity contribution in [1.82, 2.24) is 35.6 Å². The lowest BCUT2D eigenvalue weighted by Crippen LogP contribution is -2.48. The maximum Gasteiger partial charge on any atom is 0.319 e. The number of benzene rings is 4. The third kappa shape index (κ3) is 15.9. The highest BCUT2D eigenvalue weighted by Crippen LogP contribution is 2.21. The van der Waals surface area contributed by atoms with Gasteiger partial charge in [-0.1, -0.05) is 45.0 Å². The van der Waals surface area contributed by atoms with E-state index in [0.29, 0.717) is 106 Å². The maximum atomic E-state index is 15.1. The Bertz CT molecular complexity index is 2390. The second-order valence-electron chi connectivity index (χ2n) is 20.7. The zero-order valence-electron chi connectivity index (χ0n) is 41.0. The van der Waals surface area contributed by atoms with Crippen molar-refractivity contribution >= 4 is 41.0 Å². The lowest BCUT2D eigenvalue weighted by Gasteiger charge is -2.35. The molecule has 2 saturated heterocycles. The first-order chi connectivity index (χ1) is 31.9. The predicted octanol–water partition coefficient (Wildman–Crippen LogP) is 7.37. The molecule has 0 aliphatic carbocycles. The van der Waals surface area contributed by atoms with Gasteiger partial charge in [-0.05, 0) is 108 Å². The molecule has 0 radical (unpaired) electrons. The van der Waals surface area contributed by atoms with Gasteiger partial charge in [0.15, 0.2) is 0 Å². The summed E-state index contributed by atoms with van der Waals surface area (Å²) in [7, 11) is 0. The summed E-state index contributed by atoms with van der Waals surface area (Å²) in [6, 6.07) is 23.2. The minimum absolute atomic E-state index is 0.0154. The van der Waals surface area contributed by atoms with Gasteiger partial charge in [-0.15, -0.1) is 0 Å². The molecule has 2 aliphatic rings. The Balaban J connectivity index is 0.000000261. The van der Waals surface area contributed by atoms with Crippen LogP contribution in [0, 0.1) is 17.0 Å². The third-order valence-electron chi connectivity index (χ3n) is 11.1. The fourth-order valence-electron chi connectivity index (χ4n) is 7.48. The molecule has 6 N–H and O–H groups in total. The van der Waals surface area contributed by atoms with Crippen LogP contribution in [0.1, 0.15) is 115 Å². The molecule has 0 saturated carbocycles. The molecule has 2 heterocycles. The molecule has 2 fully saturated rings. The van der Waals surface area contributed by atoms with Crippen LogP contribution in [0.2, 0.25) is 0 Å². The lowest BCUT2D eigenvalue weighted by molar-refractivity contribution is 0.0620. The number of anilines is 2. The minimum Gasteiger partial charge on any atom is -0.399 e. The number of hydrogen-bond donors (Lipinski definition) is 5. The number of nitrogens with zero attached hydrogens (tertiary/aromatic N) is 4. The van der Waals surface area contributed by atoms with Gasteiger partial charge in [-0.2, -0.15) is 0 Å². The normalized spacial score (nSPS) is 14.9. The van der Waals surface area contributed by atoms with Crippen LogP contribution in [-0.4, -0.2) is 119 Å². The van der Waals surface area contributed by atoms with Crippen molar-refractivity contribution in [2.75, 3.05) is 70.0 Å². The molecule has 6 amide bonds. The number of carbonyl (C=O) groups is 5. The van der Waals surface area contributed by atoms with Gasteiger partial charge in [0.25, 0.3) is 23.6 Å². The van der Waals surface area contributed by atoms with Crippen molar-refractivity contribution in [3.63, 3.8) is 0 Å². The SMILES string of the molecule is CC(C)(C)CNC(=O)Nc1ccc(C(=O)N2CCN(Cc3cccc(C(=O)NC(C)(C)C)c3F)CC2)cc1.CC(C)(C)NC(=O)c1cccc(CN2CCN(C(=O)c3ccc(N)cc3)CC2)c1F. The topological polar surface area (TPSA) is 172 Å². The summed E-state index contributed by atoms with van der Waals surface area (Å²) < 4.78 is 30.1. The van der Waals surface area contributed by atoms with E-state index in [1.165, 1.54) is 12.1 Å². The zero-order chi connectivity index (χ0) is 50.0. The van der Waals surface area contributed by atoms with E-state index in [9.17, 15) is 28.4 Å². The van der Waals surface area contributed by atoms with Crippen LogP contribution in [0.25, 0.3) is 0 Å². The molecule has 14 nitrogen and oxygen atoms in total. The fourth-order valence-corrected chi connectivity index (χ4v) is 7.48. The largest absolute Gasteiger partial charge is 0.399 e. The predicted molar refractivity (Wildman–Crippen MR) is 263 cm³/mol. The van der Waals surface area contributed by atoms with Crippen LogP contribution in [0.4, 0.5) is 25.0 Å². The standard InChI is InChI=1S/C29H40FN5O3.C23H29FN4O2/c1-28(2,3)19-31-27(38)32-22-12-10-20(11-13-22)26(37)35-16-14-34(15-17-35)18-21-8-7-9-23(24(21)30)25(36)33-29(4,5)6;1-23(2,3)26-21(29)19-6-4-5-17(20(19)24)15-27-11-13-28(14-12-27)22(30)16-7-9-18(25)10-8-16/h7-13H,14-19H2,1-6H3,(H,33,36)(H2,31,32,38);4-10H,11-15,25H2,1-3H3,(H,26,29). The van der Waals surface area contributed by atoms with Crippen molar-refractivity contribution < 1.29 is 32.8 Å². The van der Waals surface area contributed by atoms with Crippen LogP contribution in [0.15, 0.2) is 84.9 Å². The number of hydrogen-bond acceptors (Lipinski definition) is 8. The summed E-state index contributed by atoms with van der Waals surface area (Å²) >= 11 is 0. The first kappa shape index (κ1) is 52.6. The van der Waals surface area contributed by atoms with E-state index in [1.54, 1.807) is 82.6 Å². The van der Waals surface area contributed by atoms with Crippen LogP contribution >= 0.6 is 0 Å². The Labute approximate surface area is 400 Å². The molecule has 0 aromatic heterocycles. The molecule has 0 spiro atoms. The molecule has 16 heteroatoms. The van der Waals surface area contributed by atoms with Gasteiger partial charge < -0.3 is 36.8 Å². The maximum absolute atomic E-state index is 15.1. The van der Waals surface area contributed by atoms with Crippen LogP contribution in [-0.2, 0) is 13.1 Å². The minimum atomic E-state index is -0.506. The first-order valence-corrected chi connectivity index (χ1v) is 23.1. The van der Waals surface area contributed by atoms with Crippen molar-refractivity contribution in [2.45, 2.75) is 86.5 Å². The van der Waals surface area contributed by atoms with Crippen molar-refractivity contribution in [3.8, 4) is 0 Å². The molecule has 0 atom stereocenters. The number of piperazine rings is 2. The van der Waals surface area contributed by atoms with Crippen molar-refractivity contribution in [1.29, 1.82) is 0 Å². The van der Waals surface area contributed by atoms with Gasteiger partial charge in [0.05, 0.1) is 11.1 Å². The highest BCUT2D eigenvalue weighted by atomic mass is 19.1. The smallest absolute Gasteiger partial charge is 0.319 e. The number of carbonyl (C=O) groups excluding carboxylic acids is 5. The molecular formula is C52H69F2N9O5. The number of urea groups is 1. The van der Waals surface area contributed by atoms with Gasteiger partial charge in [0.2, 0.25) is 0 Å². The molecule has 6 rings (SSSR count). The Morgan fingerprint density at radius 3 is 1.29 bits per heavy atom. The highest BCUT2D eigenvalue weighted by Gasteiger charge is 2.27. The molecule has 68 heavy (non-hydrogen) atoms. The Morgan fingerprint density at radius 2 is 0.926 bits per heavy atom. The summed E-state index contributed by atoms with van der Waals surface area (Å²) in [5, 5.41) is 11.2. The number of rotatable bonds is 10. The zero-order valence-corrected chi connectivity index (χ0v) is 41.0. The molecule has 0 unspecified atom stereocenters. The van der Waals surface area contributed by atoms with E-state index in [-0.39, 0.29) is 34.4 Å². The van der Waals surface area contributed by atoms with E-state index in [0.717, 1.165) is 0 Å². The molecule has 0 bridgehead atoms. The summed E-state index contributed by atoms with van der Waals surface area (Å²) in [4.78, 5) is 70.3. The summed E-state index contributed by atoms with van der Waals surface area (Å²) in [5.74, 6) is -1.95. The second kappa shape index (κ2) is 22.6. The first-order valence-electron chi connectivity index (χ1n) is 23.1. The summed E-state index contributed by atoms with van der Waals surface area (Å²) in [5.41, 5.74) is 8.19. The van der Waals surface area contributed by atoms with E-state index < -0.39 is 34.5 Å². The van der Waals surface area contributed by atoms with Crippen LogP contribution in [0.5, 0.6) is 0 Å². The Kier molecular flexibility index (Phi) is 17.5. The number of nitrogens with two attached hydrogens (primary N) is 1. The van der Waals surface area contributed by atoms with E-state index in [2.05, 4.69) is 31.1 Å². The fraction of sp³-hybridized carbons (Fsp3) is 0.442. The summed E-state index contributed by atoms with van der Waals surface area (Å²) in [6.07, 6.45) is 0. The molecule has 4 aromatic carbocycles. The van der Waals surface area contributed by atoms with Crippen LogP contribution in [0.3, 0.4) is 0 Å². The Hall–Kier alpha value is -6.39. The number of amides is 6. The van der Waals surface area contributed by atoms with Gasteiger partial charge >= 0.3 is 6.03 Å². The lowest BCUT2D eigenvalue weighted by atomic mass is 9.97. The average molecular weight is 938 g/mol. The van der Waals surface area contributed by atoms with Gasteiger partial charge in [-0.3, -0.25) is 29.0 Å². The van der Waals surface area contributed by atoms with E-state index >= 15 is 4.39 Å².